The lowest BCUT2D eigenvalue weighted by molar-refractivity contribution is -0.272. The Morgan fingerprint density at radius 1 is 0.654 bits per heavy atom. The number of aliphatic hydroxyl groups is 6. The maximum absolute atomic E-state index is 13.4. The molecule has 0 bridgehead atoms. The van der Waals surface area contributed by atoms with Crippen molar-refractivity contribution in [1.82, 2.24) is 50.9 Å². The quantitative estimate of drug-likeness (QED) is 0.0300. The number of hydrazine groups is 2. The number of hydrogen-bond acceptors (Lipinski definition) is 27. The van der Waals surface area contributed by atoms with Crippen molar-refractivity contribution in [3.63, 3.8) is 0 Å². The van der Waals surface area contributed by atoms with Gasteiger partial charge in [-0.05, 0) is 13.3 Å². The fourth-order valence-corrected chi connectivity index (χ4v) is 7.93. The standard InChI is InChI=1S/C48H86N10O20/c1-4-5-45(65)49-48(35-74-32-39-28-58(54-55(39)3)8-12-68-14-17-69-13-9-59,33-72-30-37-26-56(52-50-37)6-10-66-15-18-70-20-22-75-46-42(63)24-40(61)36(2)77-46)34-73-31-38-27-57(53-51-38)7-11-67-16-19-71-21-23-76-47-43(64)25-41(62)44(29-60)78-47/h26-28,36,40-44,46-47,54,59-64H,4-25,29-35H2,1-3H3,(H,49,65)/t36?,40-,41-,42?,43?,44?,46-,47-,48?/m1/s1. The second-order valence-electron chi connectivity index (χ2n) is 18.8. The van der Waals surface area contributed by atoms with E-state index >= 15 is 0 Å². The number of aliphatic hydroxyl groups excluding tert-OH is 6. The van der Waals surface area contributed by atoms with Crippen LogP contribution in [0.3, 0.4) is 0 Å². The van der Waals surface area contributed by atoms with Crippen LogP contribution in [0.1, 0.15) is 50.9 Å². The molecule has 2 saturated heterocycles. The van der Waals surface area contributed by atoms with E-state index in [9.17, 15) is 30.3 Å². The number of hydrogen-bond donors (Lipinski definition) is 8. The predicted octanol–water partition coefficient (Wildman–Crippen LogP) is -3.41. The highest BCUT2D eigenvalue weighted by Crippen LogP contribution is 2.22. The maximum Gasteiger partial charge on any atom is 0.220 e. The minimum atomic E-state index is -1.15. The Balaban J connectivity index is 1.06. The monoisotopic (exact) mass is 1120 g/mol. The fraction of sp³-hybridized carbons (Fsp3) is 0.854. The van der Waals surface area contributed by atoms with Crippen molar-refractivity contribution < 1.29 is 97.0 Å². The summed E-state index contributed by atoms with van der Waals surface area (Å²) in [5.41, 5.74) is 4.01. The summed E-state index contributed by atoms with van der Waals surface area (Å²) in [5.74, 6) is -0.202. The third kappa shape index (κ3) is 24.6. The first-order chi connectivity index (χ1) is 37.9. The van der Waals surface area contributed by atoms with Crippen LogP contribution < -0.4 is 10.9 Å². The first-order valence-corrected chi connectivity index (χ1v) is 26.6. The van der Waals surface area contributed by atoms with E-state index in [1.807, 2.05) is 30.2 Å². The largest absolute Gasteiger partial charge is 0.394 e. The van der Waals surface area contributed by atoms with Crippen LogP contribution in [-0.4, -0.2) is 277 Å². The predicted molar refractivity (Wildman–Crippen MR) is 269 cm³/mol. The molecule has 3 aliphatic heterocycles. The summed E-state index contributed by atoms with van der Waals surface area (Å²) in [7, 11) is 1.86. The molecule has 0 spiro atoms. The molecular formula is C48H86N10O20. The highest BCUT2D eigenvalue weighted by Gasteiger charge is 2.38. The molecule has 30 heteroatoms. The van der Waals surface area contributed by atoms with Gasteiger partial charge >= 0.3 is 0 Å². The van der Waals surface area contributed by atoms with E-state index < -0.39 is 54.7 Å². The Morgan fingerprint density at radius 2 is 1.14 bits per heavy atom. The zero-order chi connectivity index (χ0) is 55.8. The minimum absolute atomic E-state index is 0.00647. The number of aromatic nitrogens is 6. The zero-order valence-electron chi connectivity index (χ0n) is 45.3. The summed E-state index contributed by atoms with van der Waals surface area (Å²) in [6.45, 7) is 9.24. The van der Waals surface area contributed by atoms with Crippen molar-refractivity contribution in [1.29, 1.82) is 0 Å². The maximum atomic E-state index is 13.4. The Hall–Kier alpha value is -3.71. The van der Waals surface area contributed by atoms with Gasteiger partial charge in [-0.25, -0.2) is 9.36 Å². The molecule has 8 N–H and O–H groups in total. The fourth-order valence-electron chi connectivity index (χ4n) is 7.93. The second-order valence-corrected chi connectivity index (χ2v) is 18.8. The van der Waals surface area contributed by atoms with Crippen molar-refractivity contribution in [3.05, 3.63) is 35.7 Å². The molecule has 0 saturated carbocycles. The molecule has 5 unspecified atom stereocenters. The lowest BCUT2D eigenvalue weighted by Crippen LogP contribution is -2.58. The van der Waals surface area contributed by atoms with Crippen LogP contribution >= 0.6 is 0 Å². The first-order valence-electron chi connectivity index (χ1n) is 26.6. The number of carbonyl (C=O) groups excluding carboxylic acids is 1. The normalized spacial score (nSPS) is 23.5. The summed E-state index contributed by atoms with van der Waals surface area (Å²) in [5, 5.41) is 81.9. The molecule has 1 amide bonds. The van der Waals surface area contributed by atoms with E-state index in [2.05, 4.69) is 31.5 Å². The SMILES string of the molecule is CCCC(=O)NC(COCC1=CN(CCOCCOCCO)NN1C)(COCc1cn(CCOCCOCCO[C@@H]2OC(C)[C@H](O)CC2O)nn1)COCc1cn(CCOCCOCCO[C@@H]2OC(CO)[C@H](O)CC2O)nn1. The van der Waals surface area contributed by atoms with E-state index in [4.69, 9.17) is 66.7 Å². The number of rotatable bonds is 44. The number of amides is 1. The zero-order valence-corrected chi connectivity index (χ0v) is 45.3. The van der Waals surface area contributed by atoms with Crippen LogP contribution in [0.4, 0.5) is 0 Å². The number of nitrogens with zero attached hydrogens (tertiary/aromatic N) is 8. The van der Waals surface area contributed by atoms with Crippen molar-refractivity contribution in [3.8, 4) is 0 Å². The van der Waals surface area contributed by atoms with Gasteiger partial charge in [-0.2, -0.15) is 0 Å². The van der Waals surface area contributed by atoms with Crippen molar-refractivity contribution in [2.75, 3.05) is 146 Å². The van der Waals surface area contributed by atoms with Crippen molar-refractivity contribution in [2.45, 2.75) is 121 Å². The number of likely N-dealkylation sites (N-methyl/N-ethyl adjacent to an activating group) is 1. The average molecular weight is 1120 g/mol. The van der Waals surface area contributed by atoms with E-state index in [0.717, 1.165) is 5.70 Å². The summed E-state index contributed by atoms with van der Waals surface area (Å²) in [6, 6.07) is 0. The lowest BCUT2D eigenvalue weighted by Gasteiger charge is -2.36. The molecule has 0 aliphatic carbocycles. The lowest BCUT2D eigenvalue weighted by atomic mass is 10.0. The third-order valence-electron chi connectivity index (χ3n) is 12.1. The van der Waals surface area contributed by atoms with Crippen LogP contribution in [0.25, 0.3) is 0 Å². The Kier molecular flexibility index (Phi) is 31.2. The van der Waals surface area contributed by atoms with E-state index in [1.54, 1.807) is 28.7 Å². The van der Waals surface area contributed by atoms with Crippen molar-refractivity contribution in [2.24, 2.45) is 0 Å². The number of carbonyl (C=O) groups is 1. The molecule has 2 fully saturated rings. The molecule has 0 radical (unpaired) electrons. The Labute approximate surface area is 454 Å². The highest BCUT2D eigenvalue weighted by molar-refractivity contribution is 5.76. The summed E-state index contributed by atoms with van der Waals surface area (Å²) in [4.78, 5) is 13.4. The number of nitrogens with one attached hydrogen (secondary N) is 2. The van der Waals surface area contributed by atoms with Gasteiger partial charge in [-0.15, -0.1) is 15.7 Å². The third-order valence-corrected chi connectivity index (χ3v) is 12.1. The second kappa shape index (κ2) is 37.3. The van der Waals surface area contributed by atoms with Gasteiger partial charge in [0.25, 0.3) is 0 Å². The van der Waals surface area contributed by atoms with Crippen molar-refractivity contribution >= 4 is 5.91 Å². The molecule has 9 atom stereocenters. The highest BCUT2D eigenvalue weighted by atomic mass is 16.7. The van der Waals surface area contributed by atoms with Crippen LogP contribution in [0, 0.1) is 0 Å². The van der Waals surface area contributed by atoms with Gasteiger partial charge < -0.3 is 97.5 Å². The smallest absolute Gasteiger partial charge is 0.220 e. The van der Waals surface area contributed by atoms with Crippen LogP contribution in [-0.2, 0) is 92.7 Å². The molecule has 448 valence electrons. The summed E-state index contributed by atoms with van der Waals surface area (Å²) in [6.07, 6.45) is -0.0946. The van der Waals surface area contributed by atoms with E-state index in [0.29, 0.717) is 96.9 Å². The van der Waals surface area contributed by atoms with Gasteiger partial charge in [0.1, 0.15) is 35.2 Å². The molecule has 30 nitrogen and oxygen atoms in total. The van der Waals surface area contributed by atoms with Crippen LogP contribution in [0.2, 0.25) is 0 Å². The van der Waals surface area contributed by atoms with Gasteiger partial charge in [0.05, 0.1) is 201 Å². The van der Waals surface area contributed by atoms with Crippen LogP contribution in [0.15, 0.2) is 24.3 Å². The summed E-state index contributed by atoms with van der Waals surface area (Å²) >= 11 is 0. The molecule has 2 aromatic rings. The molecular weight excluding hydrogens is 1040 g/mol. The van der Waals surface area contributed by atoms with Gasteiger partial charge in [0, 0.05) is 32.5 Å². The Morgan fingerprint density at radius 3 is 1.68 bits per heavy atom. The topological polar surface area (TPSA) is 350 Å². The number of ether oxygens (including phenoxy) is 13. The van der Waals surface area contributed by atoms with Gasteiger partial charge in [0.2, 0.25) is 5.91 Å². The van der Waals surface area contributed by atoms with Crippen LogP contribution in [0.5, 0.6) is 0 Å². The molecule has 2 aromatic heterocycles. The van der Waals surface area contributed by atoms with Gasteiger partial charge in [0.15, 0.2) is 12.6 Å². The van der Waals surface area contributed by atoms with Gasteiger partial charge in [-0.1, -0.05) is 17.4 Å². The average Bonchev–Trinajstić information content (AvgIpc) is 4.17. The van der Waals surface area contributed by atoms with E-state index in [1.165, 1.54) is 0 Å². The molecule has 5 rings (SSSR count). The molecule has 0 aromatic carbocycles. The Bertz CT molecular complexity index is 1930. The molecule has 78 heavy (non-hydrogen) atoms. The minimum Gasteiger partial charge on any atom is -0.394 e. The van der Waals surface area contributed by atoms with E-state index in [-0.39, 0.29) is 111 Å². The summed E-state index contributed by atoms with van der Waals surface area (Å²) < 4.78 is 77.5. The molecule has 5 heterocycles. The molecule has 3 aliphatic rings. The first kappa shape index (κ1) is 65.1. The van der Waals surface area contributed by atoms with Gasteiger partial charge in [-0.3, -0.25) is 14.8 Å².